The van der Waals surface area contributed by atoms with Crippen molar-refractivity contribution in [3.8, 4) is 0 Å². The molecule has 5 rings (SSSR count). The third-order valence-corrected chi connectivity index (χ3v) is 5.88. The number of amides is 2. The van der Waals surface area contributed by atoms with Crippen LogP contribution in [0.25, 0.3) is 11.0 Å². The second kappa shape index (κ2) is 10.1. The van der Waals surface area contributed by atoms with Crippen LogP contribution in [0.3, 0.4) is 0 Å². The van der Waals surface area contributed by atoms with Crippen molar-refractivity contribution in [1.29, 1.82) is 0 Å². The van der Waals surface area contributed by atoms with E-state index in [2.05, 4.69) is 20.0 Å². The first kappa shape index (κ1) is 27.1. The van der Waals surface area contributed by atoms with Crippen LogP contribution in [0.2, 0.25) is 0 Å². The molecule has 1 unspecified atom stereocenters. The third-order valence-electron chi connectivity index (χ3n) is 5.88. The number of benzene rings is 3. The number of anilines is 2. The van der Waals surface area contributed by atoms with E-state index in [1.807, 2.05) is 31.2 Å². The van der Waals surface area contributed by atoms with Crippen LogP contribution >= 0.6 is 0 Å². The molecule has 1 aliphatic heterocycles. The number of alkyl halides is 3. The molecule has 0 aliphatic carbocycles. The Morgan fingerprint density at radius 3 is 2.33 bits per heavy atom. The number of aromatic amines is 1. The van der Waals surface area contributed by atoms with Crippen LogP contribution in [0.4, 0.5) is 29.6 Å². The molecule has 0 fully saturated rings. The van der Waals surface area contributed by atoms with E-state index in [0.29, 0.717) is 33.4 Å². The summed E-state index contributed by atoms with van der Waals surface area (Å²) >= 11 is 0. The Bertz CT molecular complexity index is 1570. The number of fused-ring (bicyclic) bond motifs is 2. The van der Waals surface area contributed by atoms with Gasteiger partial charge in [-0.2, -0.15) is 13.2 Å². The summed E-state index contributed by atoms with van der Waals surface area (Å²) in [4.78, 5) is 42.5. The van der Waals surface area contributed by atoms with Crippen LogP contribution in [0.1, 0.15) is 27.0 Å². The van der Waals surface area contributed by atoms with Crippen molar-refractivity contribution < 1.29 is 42.5 Å². The van der Waals surface area contributed by atoms with Crippen molar-refractivity contribution in [2.24, 2.45) is 0 Å². The SMILES string of the molecule is COC(=O)Nc1nc2ccc(C3(O)c4ccccc4C(=O)N3c3ccc(C)cc3)cc2[nH]1.O=C(O)C(F)(F)F. The second-order valence-corrected chi connectivity index (χ2v) is 8.43. The molecule has 3 aromatic carbocycles. The van der Waals surface area contributed by atoms with Gasteiger partial charge >= 0.3 is 18.2 Å². The van der Waals surface area contributed by atoms with Gasteiger partial charge in [-0.15, -0.1) is 0 Å². The minimum Gasteiger partial charge on any atom is -0.475 e. The molecule has 4 N–H and O–H groups in total. The molecular weight excluding hydrogens is 521 g/mol. The zero-order valence-electron chi connectivity index (χ0n) is 20.4. The lowest BCUT2D eigenvalue weighted by atomic mass is 9.93. The van der Waals surface area contributed by atoms with Gasteiger partial charge in [0, 0.05) is 22.4 Å². The summed E-state index contributed by atoms with van der Waals surface area (Å²) in [5.41, 5.74) is 2.50. The maximum absolute atomic E-state index is 13.4. The van der Waals surface area contributed by atoms with Crippen molar-refractivity contribution in [3.63, 3.8) is 0 Å². The minimum atomic E-state index is -5.08. The molecule has 13 heteroatoms. The number of H-pyrrole nitrogens is 1. The number of carboxylic acid groups (broad SMARTS) is 1. The van der Waals surface area contributed by atoms with E-state index in [1.165, 1.54) is 12.0 Å². The molecule has 2 amide bonds. The maximum Gasteiger partial charge on any atom is 0.490 e. The van der Waals surface area contributed by atoms with Gasteiger partial charge in [-0.05, 0) is 37.3 Å². The number of hydrogen-bond acceptors (Lipinski definition) is 6. The predicted octanol–water partition coefficient (Wildman–Crippen LogP) is 4.54. The van der Waals surface area contributed by atoms with Crippen LogP contribution in [0.15, 0.2) is 66.7 Å². The molecule has 1 aromatic heterocycles. The number of aliphatic carboxylic acids is 1. The average Bonchev–Trinajstić information content (AvgIpc) is 3.40. The summed E-state index contributed by atoms with van der Waals surface area (Å²) in [5.74, 6) is -2.83. The molecule has 2 heterocycles. The molecule has 1 atom stereocenters. The average molecular weight is 542 g/mol. The number of aromatic nitrogens is 2. The highest BCUT2D eigenvalue weighted by molar-refractivity contribution is 6.12. The Hall–Kier alpha value is -4.91. The van der Waals surface area contributed by atoms with Gasteiger partial charge in [0.15, 0.2) is 5.72 Å². The first-order valence-corrected chi connectivity index (χ1v) is 11.2. The minimum absolute atomic E-state index is 0.217. The number of carboxylic acids is 1. The number of carbonyl (C=O) groups is 3. The van der Waals surface area contributed by atoms with E-state index in [1.54, 1.807) is 42.5 Å². The Balaban J connectivity index is 0.000000448. The second-order valence-electron chi connectivity index (χ2n) is 8.43. The van der Waals surface area contributed by atoms with E-state index in [0.717, 1.165) is 5.56 Å². The number of aryl methyl sites for hydroxylation is 1. The highest BCUT2D eigenvalue weighted by atomic mass is 19.4. The molecule has 39 heavy (non-hydrogen) atoms. The first-order valence-electron chi connectivity index (χ1n) is 11.2. The summed E-state index contributed by atoms with van der Waals surface area (Å²) in [7, 11) is 1.26. The number of rotatable bonds is 3. The van der Waals surface area contributed by atoms with Crippen LogP contribution in [0, 0.1) is 6.92 Å². The maximum atomic E-state index is 13.4. The van der Waals surface area contributed by atoms with E-state index >= 15 is 0 Å². The van der Waals surface area contributed by atoms with E-state index in [-0.39, 0.29) is 11.9 Å². The van der Waals surface area contributed by atoms with Crippen LogP contribution in [0.5, 0.6) is 0 Å². The summed E-state index contributed by atoms with van der Waals surface area (Å²) in [6.07, 6.45) is -5.73. The quantitative estimate of drug-likeness (QED) is 0.298. The van der Waals surface area contributed by atoms with Crippen LogP contribution in [-0.2, 0) is 15.3 Å². The number of carbonyl (C=O) groups excluding carboxylic acids is 2. The van der Waals surface area contributed by atoms with Crippen LogP contribution in [-0.4, -0.2) is 51.4 Å². The lowest BCUT2D eigenvalue weighted by molar-refractivity contribution is -0.192. The predicted molar refractivity (Wildman–Crippen MR) is 133 cm³/mol. The van der Waals surface area contributed by atoms with Gasteiger partial charge in [0.25, 0.3) is 5.91 Å². The zero-order valence-corrected chi connectivity index (χ0v) is 20.4. The normalized spacial score (nSPS) is 16.4. The van der Waals surface area contributed by atoms with E-state index in [4.69, 9.17) is 9.90 Å². The number of hydrogen-bond donors (Lipinski definition) is 4. The number of ether oxygens (including phenoxy) is 1. The highest BCUT2D eigenvalue weighted by Gasteiger charge is 2.50. The lowest BCUT2D eigenvalue weighted by Crippen LogP contribution is -2.45. The molecule has 0 radical (unpaired) electrons. The van der Waals surface area contributed by atoms with E-state index in [9.17, 15) is 27.9 Å². The summed E-state index contributed by atoms with van der Waals surface area (Å²) < 4.78 is 36.3. The molecule has 0 saturated carbocycles. The third kappa shape index (κ3) is 5.11. The van der Waals surface area contributed by atoms with Gasteiger partial charge in [0.05, 0.1) is 18.1 Å². The Labute approximate surface area is 218 Å². The van der Waals surface area contributed by atoms with Crippen LogP contribution < -0.4 is 10.2 Å². The van der Waals surface area contributed by atoms with Gasteiger partial charge in [-0.1, -0.05) is 42.0 Å². The van der Waals surface area contributed by atoms with Gasteiger partial charge in [-0.25, -0.2) is 14.6 Å². The first-order chi connectivity index (χ1) is 18.4. The summed E-state index contributed by atoms with van der Waals surface area (Å²) in [6, 6.07) is 19.6. The Morgan fingerprint density at radius 1 is 1.08 bits per heavy atom. The number of methoxy groups -OCH3 is 1. The van der Waals surface area contributed by atoms with Crippen molar-refractivity contribution in [1.82, 2.24) is 9.97 Å². The number of nitrogens with one attached hydrogen (secondary N) is 2. The molecule has 0 saturated heterocycles. The van der Waals surface area contributed by atoms with Crippen molar-refractivity contribution in [2.75, 3.05) is 17.3 Å². The highest BCUT2D eigenvalue weighted by Crippen LogP contribution is 2.45. The fourth-order valence-corrected chi connectivity index (χ4v) is 4.08. The van der Waals surface area contributed by atoms with Crippen molar-refractivity contribution >= 4 is 40.6 Å². The number of halogens is 3. The van der Waals surface area contributed by atoms with Gasteiger partial charge < -0.3 is 19.9 Å². The topological polar surface area (TPSA) is 145 Å². The molecule has 4 aromatic rings. The van der Waals surface area contributed by atoms with Crippen molar-refractivity contribution in [3.05, 3.63) is 89.0 Å². The molecule has 0 spiro atoms. The smallest absolute Gasteiger partial charge is 0.475 e. The molecular formula is C26H21F3N4O6. The summed E-state index contributed by atoms with van der Waals surface area (Å²) in [5, 5.41) is 21.7. The lowest BCUT2D eigenvalue weighted by Gasteiger charge is -2.35. The number of nitrogens with zero attached hydrogens (tertiary/aromatic N) is 2. The van der Waals surface area contributed by atoms with Crippen molar-refractivity contribution in [2.45, 2.75) is 18.8 Å². The fourth-order valence-electron chi connectivity index (χ4n) is 4.08. The molecule has 202 valence electrons. The summed E-state index contributed by atoms with van der Waals surface area (Å²) in [6.45, 7) is 1.96. The Morgan fingerprint density at radius 2 is 1.72 bits per heavy atom. The standard InChI is InChI=1S/C24H20N4O4.C2HF3O2/c1-14-7-10-16(11-8-14)28-21(29)17-5-3-4-6-18(17)24(28,31)15-9-12-19-20(13-15)26-22(25-19)27-23(30)32-2;3-2(4,5)1(6)7/h3-13,31H,1-2H3,(H2,25,26,27,30);(H,6,7). The van der Waals surface area contributed by atoms with Gasteiger partial charge in [-0.3, -0.25) is 15.0 Å². The zero-order chi connectivity index (χ0) is 28.5. The van der Waals surface area contributed by atoms with E-state index < -0.39 is 24.0 Å². The molecule has 0 bridgehead atoms. The van der Waals surface area contributed by atoms with Gasteiger partial charge in [0.2, 0.25) is 5.95 Å². The molecule has 1 aliphatic rings. The largest absolute Gasteiger partial charge is 0.490 e. The van der Waals surface area contributed by atoms with Gasteiger partial charge in [0.1, 0.15) is 0 Å². The number of aliphatic hydroxyl groups is 1. The Kier molecular flexibility index (Phi) is 7.03. The fraction of sp³-hybridized carbons (Fsp3) is 0.154. The molecule has 10 nitrogen and oxygen atoms in total. The monoisotopic (exact) mass is 542 g/mol. The number of imidazole rings is 1.